The van der Waals surface area contributed by atoms with Crippen LogP contribution >= 0.6 is 11.3 Å². The Morgan fingerprint density at radius 3 is 3.15 bits per heavy atom. The van der Waals surface area contributed by atoms with E-state index >= 15 is 0 Å². The topological polar surface area (TPSA) is 24.9 Å². The Balaban J connectivity index is 2.46. The molecule has 0 fully saturated rings. The van der Waals surface area contributed by atoms with Crippen LogP contribution in [-0.2, 0) is 6.42 Å². The molecule has 2 rings (SSSR count). The monoisotopic (exact) mass is 194 g/mol. The second-order valence-corrected chi connectivity index (χ2v) is 4.53. The van der Waals surface area contributed by atoms with E-state index < -0.39 is 0 Å². The lowest BCUT2D eigenvalue weighted by molar-refractivity contribution is 0.770. The van der Waals surface area contributed by atoms with Gasteiger partial charge in [-0.15, -0.1) is 11.3 Å². The Hall–Kier alpha value is -0.670. The van der Waals surface area contributed by atoms with Crippen molar-refractivity contribution in [2.75, 3.05) is 13.1 Å². The molecule has 1 aliphatic heterocycles. The third-order valence-electron chi connectivity index (χ3n) is 2.30. The molecule has 1 aliphatic rings. The molecular weight excluding hydrogens is 180 g/mol. The van der Waals surface area contributed by atoms with Crippen molar-refractivity contribution in [2.45, 2.75) is 20.3 Å². The van der Waals surface area contributed by atoms with Crippen molar-refractivity contribution in [3.05, 3.63) is 21.7 Å². The lowest BCUT2D eigenvalue weighted by Gasteiger charge is -2.00. The molecule has 13 heavy (non-hydrogen) atoms. The van der Waals surface area contributed by atoms with Gasteiger partial charge >= 0.3 is 0 Å². The Labute approximate surface area is 82.7 Å². The molecule has 1 N–H and O–H groups in total. The number of rotatable bonds is 0. The molecule has 2 nitrogen and oxygen atoms in total. The smallest absolute Gasteiger partial charge is 0.0904 e. The molecule has 0 bridgehead atoms. The number of fused-ring (bicyclic) bond motifs is 1. The Kier molecular flexibility index (Phi) is 2.47. The number of nitrogens with zero attached hydrogens (tertiary/aromatic N) is 1. The maximum absolute atomic E-state index is 4.57. The predicted molar refractivity (Wildman–Crippen MR) is 57.1 cm³/mol. The van der Waals surface area contributed by atoms with Crippen molar-refractivity contribution >= 4 is 16.9 Å². The van der Waals surface area contributed by atoms with Crippen molar-refractivity contribution in [1.82, 2.24) is 10.3 Å². The van der Waals surface area contributed by atoms with E-state index in [2.05, 4.69) is 30.2 Å². The zero-order valence-electron chi connectivity index (χ0n) is 8.05. The van der Waals surface area contributed by atoms with Crippen molar-refractivity contribution in [1.29, 1.82) is 0 Å². The van der Waals surface area contributed by atoms with Gasteiger partial charge in [-0.1, -0.05) is 6.08 Å². The van der Waals surface area contributed by atoms with Gasteiger partial charge in [-0.05, 0) is 25.8 Å². The van der Waals surface area contributed by atoms with E-state index in [9.17, 15) is 0 Å². The number of hydrogen-bond donors (Lipinski definition) is 1. The van der Waals surface area contributed by atoms with Crippen molar-refractivity contribution in [3.8, 4) is 0 Å². The minimum atomic E-state index is 0.965. The summed E-state index contributed by atoms with van der Waals surface area (Å²) < 4.78 is 0. The highest BCUT2D eigenvalue weighted by atomic mass is 32.1. The summed E-state index contributed by atoms with van der Waals surface area (Å²) in [4.78, 5) is 6.01. The molecule has 70 valence electrons. The molecule has 0 saturated carbocycles. The van der Waals surface area contributed by atoms with Crippen LogP contribution in [0.5, 0.6) is 0 Å². The number of nitrogens with one attached hydrogen (secondary N) is 1. The minimum Gasteiger partial charge on any atom is -0.312 e. The molecule has 0 aromatic carbocycles. The molecule has 1 aromatic heterocycles. The predicted octanol–water partition coefficient (Wildman–Crippen LogP) is 2.00. The highest BCUT2D eigenvalue weighted by Crippen LogP contribution is 2.26. The second kappa shape index (κ2) is 3.60. The minimum absolute atomic E-state index is 0.965. The lowest BCUT2D eigenvalue weighted by atomic mass is 10.1. The molecule has 1 aromatic rings. The molecule has 0 spiro atoms. The summed E-state index contributed by atoms with van der Waals surface area (Å²) in [6.45, 7) is 6.21. The van der Waals surface area contributed by atoms with Gasteiger partial charge < -0.3 is 5.32 Å². The normalized spacial score (nSPS) is 20.0. The average molecular weight is 194 g/mol. The fraction of sp³-hybridized carbons (Fsp3) is 0.500. The third-order valence-corrected chi connectivity index (χ3v) is 3.33. The van der Waals surface area contributed by atoms with Crippen molar-refractivity contribution in [2.24, 2.45) is 0 Å². The largest absolute Gasteiger partial charge is 0.312 e. The summed E-state index contributed by atoms with van der Waals surface area (Å²) in [5, 5.41) is 4.59. The van der Waals surface area contributed by atoms with Gasteiger partial charge in [0.15, 0.2) is 0 Å². The number of thiazole rings is 1. The van der Waals surface area contributed by atoms with Gasteiger partial charge in [0, 0.05) is 18.0 Å². The first-order chi connectivity index (χ1) is 6.31. The van der Waals surface area contributed by atoms with Gasteiger partial charge in [-0.3, -0.25) is 0 Å². The quantitative estimate of drug-likeness (QED) is 0.683. The maximum Gasteiger partial charge on any atom is 0.0904 e. The highest BCUT2D eigenvalue weighted by molar-refractivity contribution is 7.11. The summed E-state index contributed by atoms with van der Waals surface area (Å²) in [6, 6.07) is 0. The zero-order chi connectivity index (χ0) is 9.26. The van der Waals surface area contributed by atoms with Crippen LogP contribution in [0.1, 0.15) is 22.5 Å². The van der Waals surface area contributed by atoms with E-state index in [1.165, 1.54) is 21.2 Å². The van der Waals surface area contributed by atoms with Crippen LogP contribution in [0.25, 0.3) is 5.57 Å². The first-order valence-electron chi connectivity index (χ1n) is 4.64. The summed E-state index contributed by atoms with van der Waals surface area (Å²) in [5.41, 5.74) is 2.58. The van der Waals surface area contributed by atoms with E-state index in [-0.39, 0.29) is 0 Å². The second-order valence-electron chi connectivity index (χ2n) is 3.25. The van der Waals surface area contributed by atoms with Gasteiger partial charge in [0.05, 0.1) is 10.7 Å². The van der Waals surface area contributed by atoms with Crippen molar-refractivity contribution < 1.29 is 0 Å². The summed E-state index contributed by atoms with van der Waals surface area (Å²) in [6.07, 6.45) is 3.29. The number of aryl methyl sites for hydroxylation is 1. The standard InChI is InChI=1S/C10H14N2S/c1-3-8-6-11-5-4-9-10(8)12-7(2)13-9/h3,11H,4-6H2,1-2H3/b8-3+. The van der Waals surface area contributed by atoms with Gasteiger partial charge in [-0.2, -0.15) is 0 Å². The molecule has 0 atom stereocenters. The number of allylic oxidation sites excluding steroid dienone is 1. The van der Waals surface area contributed by atoms with Gasteiger partial charge in [0.1, 0.15) is 0 Å². The van der Waals surface area contributed by atoms with Crippen LogP contribution in [-0.4, -0.2) is 18.1 Å². The number of hydrogen-bond acceptors (Lipinski definition) is 3. The van der Waals surface area contributed by atoms with Gasteiger partial charge in [-0.25, -0.2) is 4.98 Å². The van der Waals surface area contributed by atoms with E-state index in [4.69, 9.17) is 0 Å². The summed E-state index contributed by atoms with van der Waals surface area (Å²) >= 11 is 1.83. The van der Waals surface area contributed by atoms with Crippen LogP contribution in [0.3, 0.4) is 0 Å². The molecule has 0 radical (unpaired) electrons. The number of aromatic nitrogens is 1. The van der Waals surface area contributed by atoms with E-state index in [1.807, 2.05) is 11.3 Å². The van der Waals surface area contributed by atoms with Crippen molar-refractivity contribution in [3.63, 3.8) is 0 Å². The molecule has 0 amide bonds. The Bertz CT molecular complexity index is 339. The Morgan fingerprint density at radius 1 is 1.54 bits per heavy atom. The molecule has 3 heteroatoms. The fourth-order valence-corrected chi connectivity index (χ4v) is 2.61. The molecular formula is C10H14N2S. The first kappa shape index (κ1) is 8.91. The molecule has 2 heterocycles. The molecule has 0 unspecified atom stereocenters. The van der Waals surface area contributed by atoms with Crippen LogP contribution in [0.4, 0.5) is 0 Å². The van der Waals surface area contributed by atoms with E-state index in [0.29, 0.717) is 0 Å². The zero-order valence-corrected chi connectivity index (χ0v) is 8.87. The lowest BCUT2D eigenvalue weighted by Crippen LogP contribution is -2.16. The molecule has 0 saturated heterocycles. The SMILES string of the molecule is C/C=C1\CNCCc2sc(C)nc21. The van der Waals surface area contributed by atoms with Crippen LogP contribution in [0.15, 0.2) is 6.08 Å². The van der Waals surface area contributed by atoms with Crippen LogP contribution < -0.4 is 5.32 Å². The summed E-state index contributed by atoms with van der Waals surface area (Å²) in [5.74, 6) is 0. The summed E-state index contributed by atoms with van der Waals surface area (Å²) in [7, 11) is 0. The average Bonchev–Trinajstić information content (AvgIpc) is 2.37. The van der Waals surface area contributed by atoms with E-state index in [1.54, 1.807) is 0 Å². The van der Waals surface area contributed by atoms with E-state index in [0.717, 1.165) is 19.5 Å². The third kappa shape index (κ3) is 1.67. The fourth-order valence-electron chi connectivity index (χ4n) is 1.64. The first-order valence-corrected chi connectivity index (χ1v) is 5.45. The van der Waals surface area contributed by atoms with Crippen LogP contribution in [0, 0.1) is 6.92 Å². The van der Waals surface area contributed by atoms with Gasteiger partial charge in [0.25, 0.3) is 0 Å². The van der Waals surface area contributed by atoms with Gasteiger partial charge in [0.2, 0.25) is 0 Å². The Morgan fingerprint density at radius 2 is 2.38 bits per heavy atom. The maximum atomic E-state index is 4.57. The molecule has 0 aliphatic carbocycles. The van der Waals surface area contributed by atoms with Crippen LogP contribution in [0.2, 0.25) is 0 Å². The highest BCUT2D eigenvalue weighted by Gasteiger charge is 2.15.